The molecule has 1 aromatic carbocycles. The molecule has 1 N–H and O–H groups in total. The molecular weight excluding hydrogens is 362 g/mol. The third-order valence-electron chi connectivity index (χ3n) is 4.79. The molecule has 3 heterocycles. The summed E-state index contributed by atoms with van der Waals surface area (Å²) in [7, 11) is 0. The molecule has 2 aromatic heterocycles. The number of carbonyl (C=O) groups is 1. The molecule has 1 aliphatic heterocycles. The summed E-state index contributed by atoms with van der Waals surface area (Å²) >= 11 is 1.35. The predicted molar refractivity (Wildman–Crippen MR) is 106 cm³/mol. The minimum absolute atomic E-state index is 0.166. The Labute approximate surface area is 160 Å². The van der Waals surface area contributed by atoms with E-state index in [0.29, 0.717) is 11.5 Å². The summed E-state index contributed by atoms with van der Waals surface area (Å²) in [4.78, 5) is 31.3. The van der Waals surface area contributed by atoms with Crippen LogP contribution in [-0.2, 0) is 0 Å². The Kier molecular flexibility index (Phi) is 4.89. The van der Waals surface area contributed by atoms with Crippen molar-refractivity contribution in [3.8, 4) is 0 Å². The van der Waals surface area contributed by atoms with Crippen molar-refractivity contribution in [2.75, 3.05) is 24.5 Å². The Morgan fingerprint density at radius 3 is 2.74 bits per heavy atom. The molecule has 0 spiro atoms. The zero-order chi connectivity index (χ0) is 18.8. The molecular formula is C19H21N5O2S. The van der Waals surface area contributed by atoms with Crippen molar-refractivity contribution >= 4 is 27.3 Å². The molecule has 1 saturated heterocycles. The normalized spacial score (nSPS) is 15.2. The molecule has 1 unspecified atom stereocenters. The van der Waals surface area contributed by atoms with Crippen LogP contribution < -0.4 is 15.8 Å². The van der Waals surface area contributed by atoms with Gasteiger partial charge in [0.1, 0.15) is 5.69 Å². The number of anilines is 1. The van der Waals surface area contributed by atoms with E-state index >= 15 is 0 Å². The van der Waals surface area contributed by atoms with Crippen LogP contribution in [0.15, 0.2) is 41.2 Å². The van der Waals surface area contributed by atoms with Gasteiger partial charge in [-0.15, -0.1) is 5.10 Å². The van der Waals surface area contributed by atoms with Gasteiger partial charge in [0.2, 0.25) is 10.1 Å². The fourth-order valence-electron chi connectivity index (χ4n) is 3.24. The SMILES string of the molecule is CC(CNC(=O)c1cc(=O)nc2sc(N3CCCC3)nn12)c1ccccc1. The lowest BCUT2D eigenvalue weighted by molar-refractivity contribution is 0.0944. The van der Waals surface area contributed by atoms with Gasteiger partial charge in [-0.05, 0) is 24.3 Å². The van der Waals surface area contributed by atoms with Gasteiger partial charge >= 0.3 is 0 Å². The van der Waals surface area contributed by atoms with E-state index in [-0.39, 0.29) is 17.5 Å². The third kappa shape index (κ3) is 3.71. The zero-order valence-corrected chi connectivity index (χ0v) is 15.9. The molecule has 4 rings (SSSR count). The summed E-state index contributed by atoms with van der Waals surface area (Å²) in [5.41, 5.74) is 0.958. The Balaban J connectivity index is 1.56. The van der Waals surface area contributed by atoms with Crippen LogP contribution in [0.4, 0.5) is 5.13 Å². The summed E-state index contributed by atoms with van der Waals surface area (Å²) in [5, 5.41) is 8.26. The molecule has 8 heteroatoms. The standard InChI is InChI=1S/C19H21N5O2S/c1-13(14-7-3-2-4-8-14)12-20-17(26)15-11-16(25)21-18-24(15)22-19(27-18)23-9-5-6-10-23/h2-4,7-8,11,13H,5-6,9-10,12H2,1H3,(H,20,26). The van der Waals surface area contributed by atoms with Gasteiger partial charge in [-0.1, -0.05) is 48.6 Å². The number of benzene rings is 1. The Morgan fingerprint density at radius 1 is 1.26 bits per heavy atom. The van der Waals surface area contributed by atoms with Crippen LogP contribution in [0.2, 0.25) is 0 Å². The van der Waals surface area contributed by atoms with Crippen LogP contribution in [0.3, 0.4) is 0 Å². The molecule has 7 nitrogen and oxygen atoms in total. The van der Waals surface area contributed by atoms with E-state index in [1.54, 1.807) is 0 Å². The summed E-state index contributed by atoms with van der Waals surface area (Å²) in [6.07, 6.45) is 2.26. The summed E-state index contributed by atoms with van der Waals surface area (Å²) in [6.45, 7) is 4.42. The Hall–Kier alpha value is -2.74. The summed E-state index contributed by atoms with van der Waals surface area (Å²) < 4.78 is 1.49. The number of hydrogen-bond acceptors (Lipinski definition) is 6. The number of nitrogens with one attached hydrogen (secondary N) is 1. The quantitative estimate of drug-likeness (QED) is 0.731. The van der Waals surface area contributed by atoms with Gasteiger partial charge in [0.05, 0.1) is 0 Å². The number of carbonyl (C=O) groups excluding carboxylic acids is 1. The van der Waals surface area contributed by atoms with Crippen molar-refractivity contribution < 1.29 is 4.79 Å². The smallest absolute Gasteiger partial charge is 0.274 e. The maximum absolute atomic E-state index is 12.7. The van der Waals surface area contributed by atoms with Crippen LogP contribution in [0, 0.1) is 0 Å². The maximum atomic E-state index is 12.7. The van der Waals surface area contributed by atoms with E-state index < -0.39 is 5.56 Å². The first-order valence-electron chi connectivity index (χ1n) is 9.11. The third-order valence-corrected chi connectivity index (χ3v) is 5.76. The van der Waals surface area contributed by atoms with Gasteiger partial charge in [-0.3, -0.25) is 9.59 Å². The molecule has 1 fully saturated rings. The van der Waals surface area contributed by atoms with E-state index in [4.69, 9.17) is 0 Å². The molecule has 3 aromatic rings. The van der Waals surface area contributed by atoms with Gasteiger partial charge in [-0.2, -0.15) is 9.50 Å². The molecule has 0 radical (unpaired) electrons. The molecule has 1 atom stereocenters. The van der Waals surface area contributed by atoms with Crippen LogP contribution in [0.5, 0.6) is 0 Å². The van der Waals surface area contributed by atoms with E-state index in [0.717, 1.165) is 36.6 Å². The molecule has 1 amide bonds. The van der Waals surface area contributed by atoms with Gasteiger partial charge in [0.15, 0.2) is 0 Å². The highest BCUT2D eigenvalue weighted by atomic mass is 32.1. The van der Waals surface area contributed by atoms with E-state index in [1.165, 1.54) is 21.9 Å². The fraction of sp³-hybridized carbons (Fsp3) is 0.368. The van der Waals surface area contributed by atoms with Crippen molar-refractivity contribution in [2.24, 2.45) is 0 Å². The van der Waals surface area contributed by atoms with E-state index in [2.05, 4.69) is 27.2 Å². The predicted octanol–water partition coefficient (Wildman–Crippen LogP) is 2.28. The van der Waals surface area contributed by atoms with Gasteiger partial charge in [0.25, 0.3) is 11.5 Å². The minimum atomic E-state index is -0.423. The molecule has 0 aliphatic carbocycles. The molecule has 0 saturated carbocycles. The number of aromatic nitrogens is 3. The molecule has 140 valence electrons. The second-order valence-corrected chi connectivity index (χ2v) is 7.71. The largest absolute Gasteiger partial charge is 0.350 e. The Morgan fingerprint density at radius 2 is 2.00 bits per heavy atom. The first-order valence-corrected chi connectivity index (χ1v) is 9.92. The van der Waals surface area contributed by atoms with Crippen molar-refractivity contribution in [2.45, 2.75) is 25.7 Å². The summed E-state index contributed by atoms with van der Waals surface area (Å²) in [6, 6.07) is 11.3. The van der Waals surface area contributed by atoms with Crippen LogP contribution in [0.1, 0.15) is 41.7 Å². The molecule has 0 bridgehead atoms. The number of fused-ring (bicyclic) bond motifs is 1. The molecule has 27 heavy (non-hydrogen) atoms. The zero-order valence-electron chi connectivity index (χ0n) is 15.1. The van der Waals surface area contributed by atoms with Crippen LogP contribution >= 0.6 is 11.3 Å². The van der Waals surface area contributed by atoms with Crippen LogP contribution in [0.25, 0.3) is 4.96 Å². The average molecular weight is 383 g/mol. The van der Waals surface area contributed by atoms with Gasteiger partial charge < -0.3 is 10.2 Å². The minimum Gasteiger partial charge on any atom is -0.350 e. The first kappa shape index (κ1) is 17.7. The van der Waals surface area contributed by atoms with Crippen LogP contribution in [-0.4, -0.2) is 40.1 Å². The fourth-order valence-corrected chi connectivity index (χ4v) is 4.20. The van der Waals surface area contributed by atoms with Crippen molar-refractivity contribution in [3.05, 3.63) is 58.0 Å². The van der Waals surface area contributed by atoms with E-state index in [9.17, 15) is 9.59 Å². The van der Waals surface area contributed by atoms with Crippen molar-refractivity contribution in [1.82, 2.24) is 19.9 Å². The lowest BCUT2D eigenvalue weighted by Gasteiger charge is -2.13. The monoisotopic (exact) mass is 383 g/mol. The summed E-state index contributed by atoms with van der Waals surface area (Å²) in [5.74, 6) is -0.148. The highest BCUT2D eigenvalue weighted by Crippen LogP contribution is 2.25. The Bertz CT molecular complexity index is 1010. The topological polar surface area (TPSA) is 79.6 Å². The maximum Gasteiger partial charge on any atom is 0.274 e. The number of nitrogens with zero attached hydrogens (tertiary/aromatic N) is 4. The number of rotatable bonds is 5. The van der Waals surface area contributed by atoms with Gasteiger partial charge in [-0.25, -0.2) is 0 Å². The highest BCUT2D eigenvalue weighted by Gasteiger charge is 2.21. The van der Waals surface area contributed by atoms with Crippen molar-refractivity contribution in [3.63, 3.8) is 0 Å². The average Bonchev–Trinajstić information content (AvgIpc) is 3.35. The van der Waals surface area contributed by atoms with Gasteiger partial charge in [0, 0.05) is 25.7 Å². The molecule has 1 aliphatic rings. The number of amides is 1. The first-order chi connectivity index (χ1) is 13.1. The lowest BCUT2D eigenvalue weighted by atomic mass is 10.0. The lowest BCUT2D eigenvalue weighted by Crippen LogP contribution is -2.30. The van der Waals surface area contributed by atoms with Crippen molar-refractivity contribution in [1.29, 1.82) is 0 Å². The number of hydrogen-bond donors (Lipinski definition) is 1. The van der Waals surface area contributed by atoms with E-state index in [1.807, 2.05) is 30.3 Å². The highest BCUT2D eigenvalue weighted by molar-refractivity contribution is 7.20. The second-order valence-electron chi connectivity index (χ2n) is 6.77. The second kappa shape index (κ2) is 7.48.